The molecule has 0 unspecified atom stereocenters. The third kappa shape index (κ3) is 9.29. The highest BCUT2D eigenvalue weighted by Gasteiger charge is 2.39. The first kappa shape index (κ1) is 37.1. The van der Waals surface area contributed by atoms with Gasteiger partial charge in [0.05, 0.1) is 0 Å². The predicted octanol–water partition coefficient (Wildman–Crippen LogP) is 14.4. The zero-order valence-corrected chi connectivity index (χ0v) is 34.2. The number of nitrogens with zero attached hydrogens (tertiary/aromatic N) is 3. The fraction of sp³-hybridized carbons (Fsp3) is 0.143. The molecule has 0 saturated carbocycles. The average molecular weight is 772 g/mol. The minimum atomic E-state index is -3.19. The van der Waals surface area contributed by atoms with Gasteiger partial charge >= 0.3 is 0 Å². The fourth-order valence-electron chi connectivity index (χ4n) is 5.82. The number of aryl methyl sites for hydroxylation is 6. The largest absolute Gasteiger partial charge is 0.319 e. The molecule has 0 atom stereocenters. The van der Waals surface area contributed by atoms with Gasteiger partial charge in [-0.15, -0.1) is 0 Å². The van der Waals surface area contributed by atoms with Gasteiger partial charge in [-0.1, -0.05) is 106 Å². The topological polar surface area (TPSA) is 109 Å². The van der Waals surface area contributed by atoms with Crippen molar-refractivity contribution in [1.29, 1.82) is 0 Å². The summed E-state index contributed by atoms with van der Waals surface area (Å²) in [4.78, 5) is 0. The average Bonchev–Trinajstić information content (AvgIpc) is 3.14. The molecule has 0 fully saturated rings. The number of hydrogen-bond acceptors (Lipinski definition) is 9. The fourth-order valence-corrected chi connectivity index (χ4v) is 17.1. The molecule has 0 aromatic heterocycles. The molecule has 0 spiro atoms. The van der Waals surface area contributed by atoms with Crippen molar-refractivity contribution in [2.45, 2.75) is 41.5 Å². The molecule has 6 aromatic carbocycles. The van der Waals surface area contributed by atoms with E-state index in [4.69, 9.17) is 13.5 Å². The molecule has 12 heteroatoms. The van der Waals surface area contributed by atoms with Gasteiger partial charge in [0.1, 0.15) is 0 Å². The molecule has 276 valence electrons. The first-order valence-electron chi connectivity index (χ1n) is 18.0. The lowest BCUT2D eigenvalue weighted by molar-refractivity contribution is 1.43. The van der Waals surface area contributed by atoms with Crippen LogP contribution in [0, 0.1) is 41.5 Å². The lowest BCUT2D eigenvalue weighted by Crippen LogP contribution is -2.16. The van der Waals surface area contributed by atoms with Gasteiger partial charge in [0.15, 0.2) is 0 Å². The van der Waals surface area contributed by atoms with Crippen LogP contribution in [-0.2, 0) is 0 Å². The first-order valence-corrected chi connectivity index (χ1v) is 23.1. The van der Waals surface area contributed by atoms with Crippen molar-refractivity contribution in [1.82, 2.24) is 0 Å². The Kier molecular flexibility index (Phi) is 10.8. The van der Waals surface area contributed by atoms with E-state index >= 15 is 0 Å². The Morgan fingerprint density at radius 2 is 0.370 bits per heavy atom. The second kappa shape index (κ2) is 15.7. The van der Waals surface area contributed by atoms with E-state index in [1.54, 1.807) is 0 Å². The molecule has 0 saturated heterocycles. The SMILES string of the molecule is Cc1ccc(NP2(Nc3ccc(C)cc3)=NP(Nc3ccc(C)cc3)(Nc3ccc(C)cc3)=NP(Nc3ccc(C)cc3)(Nc3ccc(C)cc3)=N2)cc1. The zero-order chi connectivity index (χ0) is 37.8. The number of nitrogens with one attached hydrogen (secondary N) is 6. The van der Waals surface area contributed by atoms with Crippen LogP contribution in [0.15, 0.2) is 159 Å². The molecule has 1 heterocycles. The third-order valence-corrected chi connectivity index (χ3v) is 18.4. The predicted molar refractivity (Wildman–Crippen MR) is 237 cm³/mol. The van der Waals surface area contributed by atoms with Gasteiger partial charge in [-0.3, -0.25) is 0 Å². The van der Waals surface area contributed by atoms with Crippen molar-refractivity contribution in [3.05, 3.63) is 179 Å². The van der Waals surface area contributed by atoms with Gasteiger partial charge in [-0.25, -0.2) is 0 Å². The van der Waals surface area contributed by atoms with Crippen LogP contribution in [-0.4, -0.2) is 0 Å². The summed E-state index contributed by atoms with van der Waals surface area (Å²) in [7, 11) is -9.57. The van der Waals surface area contributed by atoms with E-state index in [1.165, 1.54) is 33.4 Å². The van der Waals surface area contributed by atoms with Gasteiger partial charge < -0.3 is 30.5 Å². The quantitative estimate of drug-likeness (QED) is 0.0692. The van der Waals surface area contributed by atoms with Crippen LogP contribution in [0.2, 0.25) is 0 Å². The van der Waals surface area contributed by atoms with Crippen LogP contribution in [0.1, 0.15) is 33.4 Å². The molecule has 54 heavy (non-hydrogen) atoms. The highest BCUT2D eigenvalue weighted by Crippen LogP contribution is 2.76. The summed E-state index contributed by atoms with van der Waals surface area (Å²) < 4.78 is 17.4. The maximum atomic E-state index is 5.81. The Labute approximate surface area is 320 Å². The molecular formula is C42H48N9P3. The molecule has 6 N–H and O–H groups in total. The van der Waals surface area contributed by atoms with E-state index in [0.717, 1.165) is 34.1 Å². The summed E-state index contributed by atoms with van der Waals surface area (Å²) in [6, 6.07) is 50.3. The van der Waals surface area contributed by atoms with Gasteiger partial charge in [0, 0.05) is 34.1 Å². The summed E-state index contributed by atoms with van der Waals surface area (Å²) in [5.41, 5.74) is 12.4. The number of hydrogen-bond donors (Lipinski definition) is 6. The molecule has 0 radical (unpaired) electrons. The molecular weight excluding hydrogens is 723 g/mol. The van der Waals surface area contributed by atoms with Crippen molar-refractivity contribution in [3.63, 3.8) is 0 Å². The second-order valence-electron chi connectivity index (χ2n) is 13.9. The number of anilines is 6. The Balaban J connectivity index is 1.56. The second-order valence-corrected chi connectivity index (χ2v) is 21.0. The van der Waals surface area contributed by atoms with E-state index in [2.05, 4.69) is 218 Å². The molecule has 1 aliphatic rings. The summed E-state index contributed by atoms with van der Waals surface area (Å²) in [5.74, 6) is 0. The normalized spacial score (nSPS) is 15.0. The number of benzene rings is 6. The van der Waals surface area contributed by atoms with E-state index in [1.807, 2.05) is 0 Å². The summed E-state index contributed by atoms with van der Waals surface area (Å²) in [5, 5.41) is 23.3. The molecule has 1 aliphatic heterocycles. The van der Waals surface area contributed by atoms with Crippen LogP contribution in [0.5, 0.6) is 0 Å². The van der Waals surface area contributed by atoms with E-state index in [0.29, 0.717) is 0 Å². The van der Waals surface area contributed by atoms with E-state index < -0.39 is 22.5 Å². The molecule has 0 bridgehead atoms. The number of rotatable bonds is 12. The molecule has 9 nitrogen and oxygen atoms in total. The Morgan fingerprint density at radius 3 is 0.500 bits per heavy atom. The van der Waals surface area contributed by atoms with E-state index in [-0.39, 0.29) is 0 Å². The molecule has 0 amide bonds. The summed E-state index contributed by atoms with van der Waals surface area (Å²) in [6.07, 6.45) is 0. The Morgan fingerprint density at radius 1 is 0.241 bits per heavy atom. The summed E-state index contributed by atoms with van der Waals surface area (Å²) in [6.45, 7) is 12.6. The highest BCUT2D eigenvalue weighted by atomic mass is 31.3. The third-order valence-electron chi connectivity index (χ3n) is 8.80. The standard InChI is InChI=1S/C42H48N9P3/c1-31-7-19-37(20-8-31)43-52(44-38-21-9-32(2)10-22-38)49-53(45-39-23-11-33(3)12-24-39,46-40-25-13-34(4)14-26-40)51-54(50-52,47-41-27-15-35(5)16-28-41)48-42-29-17-36(6)18-30-42/h7-30,43-48H,1-6H3. The van der Waals surface area contributed by atoms with Crippen molar-refractivity contribution < 1.29 is 0 Å². The molecule has 0 aliphatic carbocycles. The monoisotopic (exact) mass is 771 g/mol. The van der Waals surface area contributed by atoms with Crippen LogP contribution in [0.25, 0.3) is 0 Å². The summed E-state index contributed by atoms with van der Waals surface area (Å²) >= 11 is 0. The van der Waals surface area contributed by atoms with Crippen molar-refractivity contribution in [3.8, 4) is 0 Å². The smallest absolute Gasteiger partial charge is 0.268 e. The van der Waals surface area contributed by atoms with E-state index in [9.17, 15) is 0 Å². The zero-order valence-electron chi connectivity index (χ0n) is 31.5. The lowest BCUT2D eigenvalue weighted by Gasteiger charge is -2.38. The minimum absolute atomic E-state index is 0.899. The Bertz CT molecular complexity index is 1950. The van der Waals surface area contributed by atoms with Crippen LogP contribution < -0.4 is 30.5 Å². The van der Waals surface area contributed by atoms with Gasteiger partial charge in [-0.2, -0.15) is 13.5 Å². The van der Waals surface area contributed by atoms with Crippen molar-refractivity contribution in [2.75, 3.05) is 30.5 Å². The Hall–Kier alpha value is -5.19. The maximum absolute atomic E-state index is 5.81. The van der Waals surface area contributed by atoms with Crippen LogP contribution in [0.3, 0.4) is 0 Å². The minimum Gasteiger partial charge on any atom is -0.319 e. The van der Waals surface area contributed by atoms with Gasteiger partial charge in [0.25, 0.3) is 22.5 Å². The molecule has 7 rings (SSSR count). The first-order chi connectivity index (χ1) is 26.0. The van der Waals surface area contributed by atoms with Crippen molar-refractivity contribution >= 4 is 56.6 Å². The van der Waals surface area contributed by atoms with Crippen LogP contribution >= 0.6 is 22.5 Å². The van der Waals surface area contributed by atoms with Crippen LogP contribution in [0.4, 0.5) is 34.1 Å². The van der Waals surface area contributed by atoms with Crippen molar-refractivity contribution in [2.24, 2.45) is 13.5 Å². The maximum Gasteiger partial charge on any atom is 0.268 e. The van der Waals surface area contributed by atoms with Gasteiger partial charge in [-0.05, 0) is 114 Å². The lowest BCUT2D eigenvalue weighted by atomic mass is 10.2. The molecule has 6 aromatic rings. The highest BCUT2D eigenvalue weighted by molar-refractivity contribution is 7.89. The van der Waals surface area contributed by atoms with Gasteiger partial charge in [0.2, 0.25) is 0 Å².